The van der Waals surface area contributed by atoms with Gasteiger partial charge in [0.05, 0.1) is 0 Å². The highest BCUT2D eigenvalue weighted by atomic mass is 16.1. The number of ketones is 1. The number of Topliss-reactive ketones (excluding diaryl/α,β-unsaturated/α-hetero) is 1. The summed E-state index contributed by atoms with van der Waals surface area (Å²) in [4.78, 5) is 12.1. The molecule has 2 atom stereocenters. The molecule has 0 spiro atoms. The maximum absolute atomic E-state index is 12.1. The average Bonchev–Trinajstić information content (AvgIpc) is 2.12. The van der Waals surface area contributed by atoms with Crippen LogP contribution in [0.15, 0.2) is 0 Å². The maximum atomic E-state index is 12.1. The molecular formula is C14H24O. The van der Waals surface area contributed by atoms with Crippen molar-refractivity contribution in [2.75, 3.05) is 0 Å². The molecular weight excluding hydrogens is 184 g/mol. The molecule has 0 amide bonds. The fraction of sp³-hybridized carbons (Fsp3) is 0.929. The molecule has 0 aromatic rings. The summed E-state index contributed by atoms with van der Waals surface area (Å²) in [5, 5.41) is 0. The third-order valence-electron chi connectivity index (χ3n) is 5.48. The zero-order valence-corrected chi connectivity index (χ0v) is 10.6. The average molecular weight is 208 g/mol. The lowest BCUT2D eigenvalue weighted by atomic mass is 9.49. The lowest BCUT2D eigenvalue weighted by molar-refractivity contribution is -0.143. The molecule has 0 aromatic carbocycles. The molecule has 2 aliphatic carbocycles. The van der Waals surface area contributed by atoms with Gasteiger partial charge in [0.2, 0.25) is 0 Å². The van der Waals surface area contributed by atoms with Crippen LogP contribution < -0.4 is 0 Å². The van der Waals surface area contributed by atoms with Crippen molar-refractivity contribution in [2.24, 2.45) is 22.7 Å². The molecule has 2 aliphatic rings. The minimum Gasteiger partial charge on any atom is -0.299 e. The van der Waals surface area contributed by atoms with Crippen LogP contribution in [0.3, 0.4) is 0 Å². The summed E-state index contributed by atoms with van der Waals surface area (Å²) in [5.74, 6) is 1.58. The molecule has 86 valence electrons. The Morgan fingerprint density at radius 3 is 2.47 bits per heavy atom. The lowest BCUT2D eigenvalue weighted by Gasteiger charge is -2.55. The van der Waals surface area contributed by atoms with Gasteiger partial charge in [0, 0.05) is 12.3 Å². The van der Waals surface area contributed by atoms with Crippen molar-refractivity contribution in [3.8, 4) is 0 Å². The molecule has 2 saturated carbocycles. The molecule has 0 saturated heterocycles. The van der Waals surface area contributed by atoms with Crippen LogP contribution >= 0.6 is 0 Å². The van der Waals surface area contributed by atoms with E-state index in [9.17, 15) is 4.79 Å². The number of fused-ring (bicyclic) bond motifs is 1. The molecule has 0 aliphatic heterocycles. The lowest BCUT2D eigenvalue weighted by Crippen LogP contribution is -2.51. The second-order valence-electron chi connectivity index (χ2n) is 6.74. The van der Waals surface area contributed by atoms with Crippen LogP contribution in [0.25, 0.3) is 0 Å². The van der Waals surface area contributed by atoms with Crippen molar-refractivity contribution < 1.29 is 4.79 Å². The second kappa shape index (κ2) is 3.33. The summed E-state index contributed by atoms with van der Waals surface area (Å²) < 4.78 is 0. The normalized spacial score (nSPS) is 38.5. The quantitative estimate of drug-likeness (QED) is 0.591. The minimum absolute atomic E-state index is 0.188. The first-order valence-corrected chi connectivity index (χ1v) is 6.39. The van der Waals surface area contributed by atoms with Crippen LogP contribution in [0.2, 0.25) is 0 Å². The van der Waals surface area contributed by atoms with Gasteiger partial charge in [-0.1, -0.05) is 27.7 Å². The van der Waals surface area contributed by atoms with E-state index in [4.69, 9.17) is 0 Å². The number of carbonyl (C=O) groups is 1. The molecule has 0 aromatic heterocycles. The number of carbonyl (C=O) groups excluding carboxylic acids is 1. The van der Waals surface area contributed by atoms with Gasteiger partial charge in [-0.15, -0.1) is 0 Å². The van der Waals surface area contributed by atoms with Gasteiger partial charge in [-0.3, -0.25) is 4.79 Å². The van der Waals surface area contributed by atoms with Gasteiger partial charge in [0.1, 0.15) is 5.78 Å². The Kier molecular flexibility index (Phi) is 2.48. The van der Waals surface area contributed by atoms with Gasteiger partial charge in [-0.25, -0.2) is 0 Å². The zero-order chi connectivity index (χ0) is 11.3. The Morgan fingerprint density at radius 2 is 1.80 bits per heavy atom. The standard InChI is InChI=1S/C14H24O/c1-13(2)9-8-10-6-5-7-11(15)12(10)14(13,3)4/h10,12H,5-9H2,1-4H3. The van der Waals surface area contributed by atoms with Crippen molar-refractivity contribution in [3.63, 3.8) is 0 Å². The number of hydrogen-bond donors (Lipinski definition) is 0. The van der Waals surface area contributed by atoms with E-state index in [0.29, 0.717) is 23.0 Å². The van der Waals surface area contributed by atoms with Crippen molar-refractivity contribution >= 4 is 5.78 Å². The van der Waals surface area contributed by atoms with Gasteiger partial charge >= 0.3 is 0 Å². The van der Waals surface area contributed by atoms with Gasteiger partial charge in [0.15, 0.2) is 0 Å². The van der Waals surface area contributed by atoms with Crippen LogP contribution in [-0.2, 0) is 4.79 Å². The molecule has 0 N–H and O–H groups in total. The Bertz CT molecular complexity index is 275. The van der Waals surface area contributed by atoms with Gasteiger partial charge in [-0.2, -0.15) is 0 Å². The third-order valence-corrected chi connectivity index (χ3v) is 5.48. The Balaban J connectivity index is 2.33. The van der Waals surface area contributed by atoms with Crippen LogP contribution in [0, 0.1) is 22.7 Å². The highest BCUT2D eigenvalue weighted by molar-refractivity contribution is 5.83. The molecule has 1 heteroatoms. The van der Waals surface area contributed by atoms with E-state index >= 15 is 0 Å². The van der Waals surface area contributed by atoms with Gasteiger partial charge < -0.3 is 0 Å². The fourth-order valence-corrected chi connectivity index (χ4v) is 3.72. The molecule has 2 rings (SSSR count). The summed E-state index contributed by atoms with van der Waals surface area (Å²) in [5.41, 5.74) is 0.509. The van der Waals surface area contributed by atoms with Crippen molar-refractivity contribution in [2.45, 2.75) is 59.8 Å². The van der Waals surface area contributed by atoms with Crippen LogP contribution in [-0.4, -0.2) is 5.78 Å². The van der Waals surface area contributed by atoms with Crippen LogP contribution in [0.4, 0.5) is 0 Å². The highest BCUT2D eigenvalue weighted by Crippen LogP contribution is 2.57. The van der Waals surface area contributed by atoms with E-state index < -0.39 is 0 Å². The maximum Gasteiger partial charge on any atom is 0.136 e. The van der Waals surface area contributed by atoms with Crippen molar-refractivity contribution in [1.82, 2.24) is 0 Å². The minimum atomic E-state index is 0.188. The monoisotopic (exact) mass is 208 g/mol. The second-order valence-corrected chi connectivity index (χ2v) is 6.74. The summed E-state index contributed by atoms with van der Waals surface area (Å²) >= 11 is 0. The molecule has 0 bridgehead atoms. The largest absolute Gasteiger partial charge is 0.299 e. The summed E-state index contributed by atoms with van der Waals surface area (Å²) in [6, 6.07) is 0. The third kappa shape index (κ3) is 1.55. The van der Waals surface area contributed by atoms with E-state index in [1.54, 1.807) is 0 Å². The predicted octanol–water partition coefficient (Wildman–Crippen LogP) is 3.82. The number of rotatable bonds is 0. The fourth-order valence-electron chi connectivity index (χ4n) is 3.72. The Hall–Kier alpha value is -0.330. The SMILES string of the molecule is CC1(C)CCC2CCCC(=O)C2C1(C)C. The molecule has 0 radical (unpaired) electrons. The number of hydrogen-bond acceptors (Lipinski definition) is 1. The van der Waals surface area contributed by atoms with Gasteiger partial charge in [-0.05, 0) is 42.4 Å². The van der Waals surface area contributed by atoms with E-state index in [-0.39, 0.29) is 5.41 Å². The Morgan fingerprint density at radius 1 is 1.13 bits per heavy atom. The predicted molar refractivity (Wildman–Crippen MR) is 62.6 cm³/mol. The molecule has 2 unspecified atom stereocenters. The first kappa shape index (κ1) is 11.2. The first-order chi connectivity index (χ1) is 6.86. The van der Waals surface area contributed by atoms with Crippen LogP contribution in [0.5, 0.6) is 0 Å². The molecule has 2 fully saturated rings. The van der Waals surface area contributed by atoms with E-state index in [2.05, 4.69) is 27.7 Å². The van der Waals surface area contributed by atoms with E-state index in [1.807, 2.05) is 0 Å². The van der Waals surface area contributed by atoms with Crippen molar-refractivity contribution in [3.05, 3.63) is 0 Å². The molecule has 0 heterocycles. The van der Waals surface area contributed by atoms with Crippen molar-refractivity contribution in [1.29, 1.82) is 0 Å². The summed E-state index contributed by atoms with van der Waals surface area (Å²) in [7, 11) is 0. The first-order valence-electron chi connectivity index (χ1n) is 6.39. The highest BCUT2D eigenvalue weighted by Gasteiger charge is 2.52. The van der Waals surface area contributed by atoms with Crippen LogP contribution in [0.1, 0.15) is 59.8 Å². The van der Waals surface area contributed by atoms with E-state index in [1.165, 1.54) is 19.3 Å². The topological polar surface area (TPSA) is 17.1 Å². The summed E-state index contributed by atoms with van der Waals surface area (Å²) in [6.45, 7) is 9.30. The molecule has 15 heavy (non-hydrogen) atoms. The van der Waals surface area contributed by atoms with Gasteiger partial charge in [0.25, 0.3) is 0 Å². The summed E-state index contributed by atoms with van der Waals surface area (Å²) in [6.07, 6.45) is 5.81. The smallest absolute Gasteiger partial charge is 0.136 e. The Labute approximate surface area is 93.6 Å². The molecule has 1 nitrogen and oxygen atoms in total. The van der Waals surface area contributed by atoms with E-state index in [0.717, 1.165) is 12.8 Å². The zero-order valence-electron chi connectivity index (χ0n) is 10.6.